The molecule has 0 bridgehead atoms. The summed E-state index contributed by atoms with van der Waals surface area (Å²) < 4.78 is 0. The van der Waals surface area contributed by atoms with E-state index in [9.17, 15) is 14.4 Å². The molecule has 7 N–H and O–H groups in total. The number of rotatable bonds is 13. The van der Waals surface area contributed by atoms with Crippen molar-refractivity contribution < 1.29 is 14.4 Å². The summed E-state index contributed by atoms with van der Waals surface area (Å²) in [5.74, 6) is -0.971. The predicted molar refractivity (Wildman–Crippen MR) is 142 cm³/mol. The smallest absolute Gasteiger partial charge is 0.238 e. The minimum Gasteiger partial charge on any atom is -0.345 e. The molecule has 0 aromatic heterocycles. The number of amides is 2. The number of carbonyl (C=O) groups excluding carboxylic acids is 3. The molecule has 0 aliphatic carbocycles. The average Bonchev–Trinajstić information content (AvgIpc) is 2.88. The molecule has 8 nitrogen and oxygen atoms in total. The van der Waals surface area contributed by atoms with Crippen molar-refractivity contribution in [2.45, 2.75) is 31.3 Å². The number of Topliss-reactive ketones (excluding diaryl/α,β-unsaturated/α-hetero) is 1. The molecule has 0 heterocycles. The standard InChI is InChI=1S/C28H35N5O3/c29-12-14-33(15-13-30)27(35)19-24(31)28(36)32-25(17-20-6-2-1-3-7-20)26(34)18-21-10-11-22-8-4-5-9-23(22)16-21/h1-11,16,24-25H,12-15,17-19,29-31H2,(H,32,36)/t24-,25-/m0/s1. The molecule has 0 radical (unpaired) electrons. The van der Waals surface area contributed by atoms with Gasteiger partial charge in [-0.15, -0.1) is 0 Å². The van der Waals surface area contributed by atoms with Gasteiger partial charge in [-0.25, -0.2) is 0 Å². The predicted octanol–water partition coefficient (Wildman–Crippen LogP) is 1.14. The fraction of sp³-hybridized carbons (Fsp3) is 0.321. The second-order valence-corrected chi connectivity index (χ2v) is 8.84. The van der Waals surface area contributed by atoms with Gasteiger partial charge in [-0.1, -0.05) is 72.8 Å². The van der Waals surface area contributed by atoms with Gasteiger partial charge in [0.1, 0.15) is 0 Å². The van der Waals surface area contributed by atoms with Crippen LogP contribution in [0, 0.1) is 0 Å². The Morgan fingerprint density at radius 1 is 0.806 bits per heavy atom. The van der Waals surface area contributed by atoms with Gasteiger partial charge in [0.15, 0.2) is 5.78 Å². The van der Waals surface area contributed by atoms with Gasteiger partial charge in [0.05, 0.1) is 18.5 Å². The molecule has 0 aliphatic heterocycles. The maximum Gasteiger partial charge on any atom is 0.238 e. The van der Waals surface area contributed by atoms with Crippen LogP contribution in [0.15, 0.2) is 72.8 Å². The lowest BCUT2D eigenvalue weighted by atomic mass is 9.96. The lowest BCUT2D eigenvalue weighted by molar-refractivity contribution is -0.134. The van der Waals surface area contributed by atoms with Gasteiger partial charge >= 0.3 is 0 Å². The van der Waals surface area contributed by atoms with Crippen LogP contribution in [0.2, 0.25) is 0 Å². The van der Waals surface area contributed by atoms with E-state index < -0.39 is 18.0 Å². The van der Waals surface area contributed by atoms with E-state index in [1.165, 1.54) is 4.90 Å². The largest absolute Gasteiger partial charge is 0.345 e. The van der Waals surface area contributed by atoms with E-state index in [0.29, 0.717) is 19.5 Å². The van der Waals surface area contributed by atoms with E-state index in [2.05, 4.69) is 5.32 Å². The second kappa shape index (κ2) is 13.5. The molecule has 8 heteroatoms. The Morgan fingerprint density at radius 3 is 2.11 bits per heavy atom. The molecule has 3 rings (SSSR count). The summed E-state index contributed by atoms with van der Waals surface area (Å²) in [6.45, 7) is 1.25. The molecule has 0 spiro atoms. The highest BCUT2D eigenvalue weighted by Crippen LogP contribution is 2.17. The third kappa shape index (κ3) is 7.71. The topological polar surface area (TPSA) is 145 Å². The number of carbonyl (C=O) groups is 3. The molecule has 2 amide bonds. The van der Waals surface area contributed by atoms with Crippen LogP contribution in [0.3, 0.4) is 0 Å². The number of fused-ring (bicyclic) bond motifs is 1. The Bertz CT molecular complexity index is 1160. The molecular formula is C28H35N5O3. The molecule has 0 saturated carbocycles. The lowest BCUT2D eigenvalue weighted by Gasteiger charge is -2.24. The number of ketones is 1. The van der Waals surface area contributed by atoms with Crippen LogP contribution in [0.1, 0.15) is 17.5 Å². The van der Waals surface area contributed by atoms with Gasteiger partial charge in [-0.2, -0.15) is 0 Å². The van der Waals surface area contributed by atoms with Crippen LogP contribution in [0.25, 0.3) is 10.8 Å². The summed E-state index contributed by atoms with van der Waals surface area (Å²) in [6.07, 6.45) is 0.298. The van der Waals surface area contributed by atoms with Gasteiger partial charge in [0.25, 0.3) is 0 Å². The van der Waals surface area contributed by atoms with Crippen LogP contribution in [0.5, 0.6) is 0 Å². The SMILES string of the molecule is NCCN(CCN)C(=O)C[C@H](N)C(=O)N[C@@H](Cc1ccccc1)C(=O)Cc1ccc2ccccc2c1. The van der Waals surface area contributed by atoms with Crippen LogP contribution >= 0.6 is 0 Å². The van der Waals surface area contributed by atoms with E-state index in [0.717, 1.165) is 21.9 Å². The first-order valence-corrected chi connectivity index (χ1v) is 12.2. The van der Waals surface area contributed by atoms with Crippen molar-refractivity contribution in [3.8, 4) is 0 Å². The first kappa shape index (κ1) is 27.0. The fourth-order valence-corrected chi connectivity index (χ4v) is 4.13. The van der Waals surface area contributed by atoms with E-state index in [4.69, 9.17) is 17.2 Å². The molecule has 0 aliphatic rings. The zero-order chi connectivity index (χ0) is 25.9. The monoisotopic (exact) mass is 489 g/mol. The van der Waals surface area contributed by atoms with E-state index in [1.54, 1.807) is 0 Å². The molecule has 2 atom stereocenters. The fourth-order valence-electron chi connectivity index (χ4n) is 4.13. The summed E-state index contributed by atoms with van der Waals surface area (Å²) in [6, 6.07) is 21.4. The molecule has 190 valence electrons. The zero-order valence-corrected chi connectivity index (χ0v) is 20.4. The van der Waals surface area contributed by atoms with Crippen LogP contribution in [-0.4, -0.2) is 60.8 Å². The van der Waals surface area contributed by atoms with Crippen molar-refractivity contribution in [3.05, 3.63) is 83.9 Å². The number of benzene rings is 3. The van der Waals surface area contributed by atoms with Gasteiger partial charge < -0.3 is 27.4 Å². The maximum atomic E-state index is 13.4. The molecular weight excluding hydrogens is 454 g/mol. The van der Waals surface area contributed by atoms with Gasteiger partial charge in [0, 0.05) is 32.6 Å². The minimum atomic E-state index is -1.10. The van der Waals surface area contributed by atoms with Gasteiger partial charge in [-0.3, -0.25) is 14.4 Å². The summed E-state index contributed by atoms with van der Waals surface area (Å²) in [4.78, 5) is 40.4. The minimum absolute atomic E-state index is 0.131. The number of nitrogens with one attached hydrogen (secondary N) is 1. The van der Waals surface area contributed by atoms with Crippen LogP contribution < -0.4 is 22.5 Å². The highest BCUT2D eigenvalue weighted by atomic mass is 16.2. The van der Waals surface area contributed by atoms with Gasteiger partial charge in [0.2, 0.25) is 11.8 Å². The van der Waals surface area contributed by atoms with E-state index in [-0.39, 0.29) is 37.6 Å². The molecule has 3 aromatic carbocycles. The summed E-state index contributed by atoms with van der Waals surface area (Å²) in [7, 11) is 0. The Hall–Kier alpha value is -3.59. The number of nitrogens with zero attached hydrogens (tertiary/aromatic N) is 1. The van der Waals surface area contributed by atoms with Crippen molar-refractivity contribution in [1.29, 1.82) is 0 Å². The summed E-state index contributed by atoms with van der Waals surface area (Å²) in [5.41, 5.74) is 19.0. The average molecular weight is 490 g/mol. The van der Waals surface area contributed by atoms with E-state index in [1.807, 2.05) is 72.8 Å². The normalized spacial score (nSPS) is 12.6. The molecule has 36 heavy (non-hydrogen) atoms. The summed E-state index contributed by atoms with van der Waals surface area (Å²) >= 11 is 0. The Balaban J connectivity index is 1.71. The highest BCUT2D eigenvalue weighted by Gasteiger charge is 2.26. The third-order valence-corrected chi connectivity index (χ3v) is 6.06. The Morgan fingerprint density at radius 2 is 1.44 bits per heavy atom. The van der Waals surface area contributed by atoms with Crippen molar-refractivity contribution in [3.63, 3.8) is 0 Å². The van der Waals surface area contributed by atoms with Crippen molar-refractivity contribution >= 4 is 28.4 Å². The number of nitrogens with two attached hydrogens (primary N) is 3. The Labute approximate surface area is 211 Å². The van der Waals surface area contributed by atoms with Crippen molar-refractivity contribution in [1.82, 2.24) is 10.2 Å². The highest BCUT2D eigenvalue weighted by molar-refractivity contribution is 5.94. The van der Waals surface area contributed by atoms with Gasteiger partial charge in [-0.05, 0) is 28.3 Å². The quantitative estimate of drug-likeness (QED) is 0.283. The Kier molecular flexibility index (Phi) is 10.1. The third-order valence-electron chi connectivity index (χ3n) is 6.06. The van der Waals surface area contributed by atoms with Crippen LogP contribution in [0.4, 0.5) is 0 Å². The van der Waals surface area contributed by atoms with Crippen molar-refractivity contribution in [2.75, 3.05) is 26.2 Å². The molecule has 0 saturated heterocycles. The first-order valence-electron chi connectivity index (χ1n) is 12.2. The summed E-state index contributed by atoms with van der Waals surface area (Å²) in [5, 5.41) is 4.94. The number of hydrogen-bond donors (Lipinski definition) is 4. The number of hydrogen-bond acceptors (Lipinski definition) is 6. The lowest BCUT2D eigenvalue weighted by Crippen LogP contribution is -2.51. The zero-order valence-electron chi connectivity index (χ0n) is 20.4. The molecule has 0 unspecified atom stereocenters. The second-order valence-electron chi connectivity index (χ2n) is 8.84. The maximum absolute atomic E-state index is 13.4. The molecule has 0 fully saturated rings. The first-order chi connectivity index (χ1) is 17.4. The van der Waals surface area contributed by atoms with E-state index >= 15 is 0 Å². The van der Waals surface area contributed by atoms with Crippen LogP contribution in [-0.2, 0) is 27.2 Å². The molecule has 3 aromatic rings. The van der Waals surface area contributed by atoms with Crippen molar-refractivity contribution in [2.24, 2.45) is 17.2 Å².